The second-order valence-corrected chi connectivity index (χ2v) is 7.72. The lowest BCUT2D eigenvalue weighted by Crippen LogP contribution is -2.46. The largest absolute Gasteiger partial charge is 0.493 e. The lowest BCUT2D eigenvalue weighted by atomic mass is 9.67. The number of hydrogen-bond acceptors (Lipinski definition) is 3. The first-order valence-corrected chi connectivity index (χ1v) is 9.72. The molecule has 27 heavy (non-hydrogen) atoms. The van der Waals surface area contributed by atoms with Crippen LogP contribution in [0.5, 0.6) is 5.75 Å². The van der Waals surface area contributed by atoms with Gasteiger partial charge in [-0.25, -0.2) is 0 Å². The molecule has 0 unspecified atom stereocenters. The third-order valence-corrected chi connectivity index (χ3v) is 5.07. The van der Waals surface area contributed by atoms with E-state index in [2.05, 4.69) is 41.6 Å². The van der Waals surface area contributed by atoms with E-state index in [0.29, 0.717) is 11.3 Å². The smallest absolute Gasteiger partial charge is 0.191 e. The van der Waals surface area contributed by atoms with Crippen molar-refractivity contribution in [3.05, 3.63) is 29.8 Å². The molecule has 5 nitrogen and oxygen atoms in total. The van der Waals surface area contributed by atoms with Crippen LogP contribution in [0.1, 0.15) is 45.1 Å². The number of halogens is 1. The van der Waals surface area contributed by atoms with Gasteiger partial charge in [-0.2, -0.15) is 0 Å². The molecule has 1 aromatic rings. The molecular weight excluding hydrogens is 453 g/mol. The topological polar surface area (TPSA) is 54.9 Å². The summed E-state index contributed by atoms with van der Waals surface area (Å²) in [6.45, 7) is 7.59. The van der Waals surface area contributed by atoms with Crippen LogP contribution in [0, 0.1) is 11.3 Å². The van der Waals surface area contributed by atoms with E-state index in [9.17, 15) is 0 Å². The van der Waals surface area contributed by atoms with Gasteiger partial charge in [-0.05, 0) is 48.3 Å². The van der Waals surface area contributed by atoms with Crippen LogP contribution in [-0.2, 0) is 11.3 Å². The molecule has 2 rings (SSSR count). The van der Waals surface area contributed by atoms with E-state index < -0.39 is 0 Å². The first-order valence-electron chi connectivity index (χ1n) is 9.72. The molecule has 0 aromatic heterocycles. The molecule has 6 heteroatoms. The molecule has 0 atom stereocenters. The molecule has 1 aliphatic rings. The maximum Gasteiger partial charge on any atom is 0.191 e. The number of rotatable bonds is 10. The molecule has 0 saturated heterocycles. The Morgan fingerprint density at radius 3 is 2.41 bits per heavy atom. The van der Waals surface area contributed by atoms with Crippen molar-refractivity contribution >= 4 is 29.9 Å². The van der Waals surface area contributed by atoms with E-state index >= 15 is 0 Å². The SMILES string of the molecule is CN=C(NCc1ccc(OCC(C)C)cc1)NCC1(CCOC)CCC1.I. The Labute approximate surface area is 181 Å². The van der Waals surface area contributed by atoms with Gasteiger partial charge in [0.1, 0.15) is 5.75 Å². The van der Waals surface area contributed by atoms with Crippen LogP contribution in [0.25, 0.3) is 0 Å². The van der Waals surface area contributed by atoms with Gasteiger partial charge in [-0.3, -0.25) is 4.99 Å². The van der Waals surface area contributed by atoms with Crippen molar-refractivity contribution in [3.8, 4) is 5.75 Å². The van der Waals surface area contributed by atoms with Gasteiger partial charge in [-0.15, -0.1) is 24.0 Å². The second-order valence-electron chi connectivity index (χ2n) is 7.72. The summed E-state index contributed by atoms with van der Waals surface area (Å²) in [5, 5.41) is 6.89. The lowest BCUT2D eigenvalue weighted by Gasteiger charge is -2.42. The zero-order valence-corrected chi connectivity index (χ0v) is 19.5. The summed E-state index contributed by atoms with van der Waals surface area (Å²) in [7, 11) is 3.60. The van der Waals surface area contributed by atoms with Gasteiger partial charge in [0.15, 0.2) is 5.96 Å². The van der Waals surface area contributed by atoms with E-state index in [1.54, 1.807) is 7.11 Å². The van der Waals surface area contributed by atoms with Crippen LogP contribution in [0.15, 0.2) is 29.3 Å². The van der Waals surface area contributed by atoms with Gasteiger partial charge >= 0.3 is 0 Å². The van der Waals surface area contributed by atoms with Crippen molar-refractivity contribution in [1.29, 1.82) is 0 Å². The highest BCUT2D eigenvalue weighted by atomic mass is 127. The number of benzene rings is 1. The standard InChI is InChI=1S/C21H35N3O2.HI/c1-17(2)15-26-19-8-6-18(7-9-19)14-23-20(22-3)24-16-21(10-5-11-21)12-13-25-4;/h6-9,17H,5,10-16H2,1-4H3,(H2,22,23,24);1H. The number of nitrogens with zero attached hydrogens (tertiary/aromatic N) is 1. The third-order valence-electron chi connectivity index (χ3n) is 5.07. The van der Waals surface area contributed by atoms with E-state index in [0.717, 1.165) is 44.4 Å². The van der Waals surface area contributed by atoms with E-state index in [1.807, 2.05) is 19.2 Å². The molecule has 2 N–H and O–H groups in total. The lowest BCUT2D eigenvalue weighted by molar-refractivity contribution is 0.0732. The van der Waals surface area contributed by atoms with Crippen LogP contribution in [0.4, 0.5) is 0 Å². The summed E-state index contributed by atoms with van der Waals surface area (Å²) < 4.78 is 11.0. The van der Waals surface area contributed by atoms with Crippen LogP contribution in [-0.4, -0.2) is 39.9 Å². The average Bonchev–Trinajstić information content (AvgIpc) is 2.62. The molecule has 0 amide bonds. The highest BCUT2D eigenvalue weighted by Gasteiger charge is 2.36. The molecule has 0 bridgehead atoms. The second kappa shape index (κ2) is 12.4. The van der Waals surface area contributed by atoms with Gasteiger partial charge in [0, 0.05) is 33.9 Å². The maximum atomic E-state index is 5.73. The van der Waals surface area contributed by atoms with Gasteiger partial charge in [-0.1, -0.05) is 32.4 Å². The highest BCUT2D eigenvalue weighted by Crippen LogP contribution is 2.43. The summed E-state index contributed by atoms with van der Waals surface area (Å²) in [4.78, 5) is 4.35. The summed E-state index contributed by atoms with van der Waals surface area (Å²) >= 11 is 0. The van der Waals surface area contributed by atoms with Crippen molar-refractivity contribution < 1.29 is 9.47 Å². The van der Waals surface area contributed by atoms with Gasteiger partial charge in [0.2, 0.25) is 0 Å². The van der Waals surface area contributed by atoms with Gasteiger partial charge < -0.3 is 20.1 Å². The summed E-state index contributed by atoms with van der Waals surface area (Å²) in [6.07, 6.45) is 4.99. The van der Waals surface area contributed by atoms with Crippen molar-refractivity contribution in [1.82, 2.24) is 10.6 Å². The van der Waals surface area contributed by atoms with Crippen molar-refractivity contribution in [2.24, 2.45) is 16.3 Å². The summed E-state index contributed by atoms with van der Waals surface area (Å²) in [6, 6.07) is 8.26. The Bertz CT molecular complexity index is 557. The van der Waals surface area contributed by atoms with Crippen LogP contribution in [0.3, 0.4) is 0 Å². The molecule has 154 valence electrons. The first-order chi connectivity index (χ1) is 12.6. The first kappa shape index (κ1) is 24.0. The number of nitrogens with one attached hydrogen (secondary N) is 2. The van der Waals surface area contributed by atoms with Crippen LogP contribution < -0.4 is 15.4 Å². The Morgan fingerprint density at radius 1 is 1.19 bits per heavy atom. The molecule has 1 fully saturated rings. The average molecular weight is 489 g/mol. The van der Waals surface area contributed by atoms with Crippen LogP contribution in [0.2, 0.25) is 0 Å². The summed E-state index contributed by atoms with van der Waals surface area (Å²) in [5.41, 5.74) is 1.59. The van der Waals surface area contributed by atoms with Gasteiger partial charge in [0.05, 0.1) is 6.61 Å². The molecule has 1 aromatic carbocycles. The minimum Gasteiger partial charge on any atom is -0.493 e. The monoisotopic (exact) mass is 489 g/mol. The van der Waals surface area contributed by atoms with E-state index in [4.69, 9.17) is 9.47 Å². The third kappa shape index (κ3) is 8.25. The predicted octanol–water partition coefficient (Wildman–Crippen LogP) is 4.21. The number of guanidine groups is 1. The number of methoxy groups -OCH3 is 1. The molecule has 1 saturated carbocycles. The van der Waals surface area contributed by atoms with E-state index in [1.165, 1.54) is 24.8 Å². The zero-order chi connectivity index (χ0) is 18.8. The number of aliphatic imine (C=N–C) groups is 1. The molecule has 0 spiro atoms. The Balaban J connectivity index is 0.00000364. The molecular formula is C21H36IN3O2. The van der Waals surface area contributed by atoms with Gasteiger partial charge in [0.25, 0.3) is 0 Å². The van der Waals surface area contributed by atoms with E-state index in [-0.39, 0.29) is 24.0 Å². The van der Waals surface area contributed by atoms with Crippen molar-refractivity contribution in [2.75, 3.05) is 33.9 Å². The van der Waals surface area contributed by atoms with Crippen molar-refractivity contribution in [3.63, 3.8) is 0 Å². The minimum absolute atomic E-state index is 0. The Kier molecular flexibility index (Phi) is 11.1. The fourth-order valence-corrected chi connectivity index (χ4v) is 3.15. The molecule has 0 heterocycles. The molecule has 1 aliphatic carbocycles. The molecule has 0 aliphatic heterocycles. The number of hydrogen-bond donors (Lipinski definition) is 2. The van der Waals surface area contributed by atoms with Crippen molar-refractivity contribution in [2.45, 2.75) is 46.1 Å². The zero-order valence-electron chi connectivity index (χ0n) is 17.2. The Morgan fingerprint density at radius 2 is 1.89 bits per heavy atom. The fraction of sp³-hybridized carbons (Fsp3) is 0.667. The fourth-order valence-electron chi connectivity index (χ4n) is 3.15. The summed E-state index contributed by atoms with van der Waals surface area (Å²) in [5.74, 6) is 2.32. The Hall–Kier alpha value is -1.02. The molecule has 0 radical (unpaired) electrons. The normalized spacial score (nSPS) is 15.7. The van der Waals surface area contributed by atoms with Crippen LogP contribution >= 0.6 is 24.0 Å². The number of ether oxygens (including phenoxy) is 2. The predicted molar refractivity (Wildman–Crippen MR) is 123 cm³/mol. The quantitative estimate of drug-likeness (QED) is 0.294. The maximum absolute atomic E-state index is 5.73. The highest BCUT2D eigenvalue weighted by molar-refractivity contribution is 14.0. The minimum atomic E-state index is 0.